The Kier molecular flexibility index (Phi) is 4.02. The van der Waals surface area contributed by atoms with Gasteiger partial charge in [0, 0.05) is 25.2 Å². The molecular weight excluding hydrogens is 260 g/mol. The highest BCUT2D eigenvalue weighted by Gasteiger charge is 2.15. The van der Waals surface area contributed by atoms with Crippen LogP contribution in [0.5, 0.6) is 0 Å². The second-order valence-corrected chi connectivity index (χ2v) is 5.69. The van der Waals surface area contributed by atoms with Crippen molar-refractivity contribution in [2.45, 2.75) is 25.9 Å². The highest BCUT2D eigenvalue weighted by Crippen LogP contribution is 2.24. The molecule has 1 N–H and O–H groups in total. The zero-order chi connectivity index (χ0) is 14.7. The van der Waals surface area contributed by atoms with E-state index in [9.17, 15) is 4.79 Å². The number of carbonyl (C=O) groups excluding carboxylic acids is 1. The summed E-state index contributed by atoms with van der Waals surface area (Å²) in [7, 11) is 2.11. The van der Waals surface area contributed by atoms with Gasteiger partial charge in [0.15, 0.2) is 0 Å². The number of hydrogen-bond acceptors (Lipinski definition) is 2. The molecule has 0 saturated carbocycles. The number of fused-ring (bicyclic) bond motifs is 1. The fourth-order valence-corrected chi connectivity index (χ4v) is 2.77. The van der Waals surface area contributed by atoms with Gasteiger partial charge in [0.2, 0.25) is 5.91 Å². The maximum atomic E-state index is 12.0. The van der Waals surface area contributed by atoms with Crippen LogP contribution in [0.25, 0.3) is 0 Å². The normalized spacial score (nSPS) is 14.0. The molecule has 1 heterocycles. The SMILES string of the molecule is CN1Cc2ccc(NC(=O)CCc3ccccc3)cc2C1. The van der Waals surface area contributed by atoms with Crippen LogP contribution in [-0.2, 0) is 24.3 Å². The molecule has 3 heteroatoms. The molecule has 0 spiro atoms. The third-order valence-electron chi connectivity index (χ3n) is 3.85. The molecule has 1 aliphatic heterocycles. The molecule has 2 aromatic carbocycles. The van der Waals surface area contributed by atoms with Gasteiger partial charge in [-0.05, 0) is 42.3 Å². The van der Waals surface area contributed by atoms with Crippen LogP contribution >= 0.6 is 0 Å². The summed E-state index contributed by atoms with van der Waals surface area (Å²) < 4.78 is 0. The van der Waals surface area contributed by atoms with Crippen LogP contribution in [0.3, 0.4) is 0 Å². The predicted molar refractivity (Wildman–Crippen MR) is 85.0 cm³/mol. The second kappa shape index (κ2) is 6.10. The van der Waals surface area contributed by atoms with E-state index in [0.29, 0.717) is 6.42 Å². The van der Waals surface area contributed by atoms with Gasteiger partial charge in [-0.1, -0.05) is 36.4 Å². The van der Waals surface area contributed by atoms with Crippen LogP contribution in [0.4, 0.5) is 5.69 Å². The number of anilines is 1. The lowest BCUT2D eigenvalue weighted by atomic mass is 10.1. The lowest BCUT2D eigenvalue weighted by Crippen LogP contribution is -2.12. The fourth-order valence-electron chi connectivity index (χ4n) is 2.77. The molecule has 21 heavy (non-hydrogen) atoms. The average molecular weight is 280 g/mol. The molecule has 2 aromatic rings. The van der Waals surface area contributed by atoms with E-state index in [1.807, 2.05) is 24.3 Å². The molecule has 1 aliphatic rings. The van der Waals surface area contributed by atoms with E-state index in [0.717, 1.165) is 25.2 Å². The fraction of sp³-hybridized carbons (Fsp3) is 0.278. The summed E-state index contributed by atoms with van der Waals surface area (Å²) in [6.45, 7) is 1.96. The molecular formula is C18H20N2O. The predicted octanol–water partition coefficient (Wildman–Crippen LogP) is 3.20. The van der Waals surface area contributed by atoms with Gasteiger partial charge in [-0.15, -0.1) is 0 Å². The van der Waals surface area contributed by atoms with Gasteiger partial charge >= 0.3 is 0 Å². The molecule has 0 radical (unpaired) electrons. The summed E-state index contributed by atoms with van der Waals surface area (Å²) in [6, 6.07) is 16.3. The maximum Gasteiger partial charge on any atom is 0.224 e. The van der Waals surface area contributed by atoms with Crippen molar-refractivity contribution in [3.63, 3.8) is 0 Å². The van der Waals surface area contributed by atoms with Gasteiger partial charge in [-0.3, -0.25) is 9.69 Å². The number of aryl methyl sites for hydroxylation is 1. The van der Waals surface area contributed by atoms with Crippen LogP contribution in [-0.4, -0.2) is 17.9 Å². The molecule has 3 rings (SSSR count). The summed E-state index contributed by atoms with van der Waals surface area (Å²) in [5.41, 5.74) is 4.78. The Bertz CT molecular complexity index is 637. The van der Waals surface area contributed by atoms with Crippen molar-refractivity contribution in [2.24, 2.45) is 0 Å². The van der Waals surface area contributed by atoms with E-state index in [2.05, 4.69) is 41.5 Å². The molecule has 1 amide bonds. The van der Waals surface area contributed by atoms with Gasteiger partial charge in [0.1, 0.15) is 0 Å². The van der Waals surface area contributed by atoms with Crippen LogP contribution in [0.15, 0.2) is 48.5 Å². The Labute approximate surface area is 125 Å². The average Bonchev–Trinajstić information content (AvgIpc) is 2.85. The van der Waals surface area contributed by atoms with Crippen LogP contribution in [0.1, 0.15) is 23.1 Å². The number of amides is 1. The Morgan fingerprint density at radius 1 is 1.10 bits per heavy atom. The first kappa shape index (κ1) is 13.8. The minimum atomic E-state index is 0.0742. The van der Waals surface area contributed by atoms with Crippen molar-refractivity contribution >= 4 is 11.6 Å². The molecule has 0 aromatic heterocycles. The van der Waals surface area contributed by atoms with Gasteiger partial charge in [-0.2, -0.15) is 0 Å². The van der Waals surface area contributed by atoms with Gasteiger partial charge in [0.25, 0.3) is 0 Å². The third-order valence-corrected chi connectivity index (χ3v) is 3.85. The molecule has 0 atom stereocenters. The monoisotopic (exact) mass is 280 g/mol. The molecule has 3 nitrogen and oxygen atoms in total. The van der Waals surface area contributed by atoms with Crippen molar-refractivity contribution in [3.05, 3.63) is 65.2 Å². The standard InChI is InChI=1S/C18H20N2O/c1-20-12-15-8-9-17(11-16(15)13-20)19-18(21)10-7-14-5-3-2-4-6-14/h2-6,8-9,11H,7,10,12-13H2,1H3,(H,19,21). The largest absolute Gasteiger partial charge is 0.326 e. The summed E-state index contributed by atoms with van der Waals surface area (Å²) in [5.74, 6) is 0.0742. The minimum Gasteiger partial charge on any atom is -0.326 e. The lowest BCUT2D eigenvalue weighted by molar-refractivity contribution is -0.116. The Morgan fingerprint density at radius 3 is 2.67 bits per heavy atom. The van der Waals surface area contributed by atoms with E-state index in [-0.39, 0.29) is 5.91 Å². The van der Waals surface area contributed by atoms with Gasteiger partial charge in [-0.25, -0.2) is 0 Å². The van der Waals surface area contributed by atoms with Crippen molar-refractivity contribution < 1.29 is 4.79 Å². The molecule has 0 bridgehead atoms. The number of benzene rings is 2. The smallest absolute Gasteiger partial charge is 0.224 e. The van der Waals surface area contributed by atoms with Crippen LogP contribution in [0.2, 0.25) is 0 Å². The number of nitrogens with zero attached hydrogens (tertiary/aromatic N) is 1. The highest BCUT2D eigenvalue weighted by atomic mass is 16.1. The van der Waals surface area contributed by atoms with E-state index < -0.39 is 0 Å². The van der Waals surface area contributed by atoms with E-state index in [1.165, 1.54) is 16.7 Å². The highest BCUT2D eigenvalue weighted by molar-refractivity contribution is 5.91. The second-order valence-electron chi connectivity index (χ2n) is 5.69. The molecule has 0 fully saturated rings. The van der Waals surface area contributed by atoms with Crippen LogP contribution in [0, 0.1) is 0 Å². The van der Waals surface area contributed by atoms with E-state index >= 15 is 0 Å². The summed E-state index contributed by atoms with van der Waals surface area (Å²) in [4.78, 5) is 14.3. The van der Waals surface area contributed by atoms with E-state index in [4.69, 9.17) is 0 Å². The Balaban J connectivity index is 1.57. The summed E-state index contributed by atoms with van der Waals surface area (Å²) in [6.07, 6.45) is 1.29. The first-order chi connectivity index (χ1) is 10.2. The Morgan fingerprint density at radius 2 is 1.86 bits per heavy atom. The Hall–Kier alpha value is -2.13. The number of hydrogen-bond donors (Lipinski definition) is 1. The molecule has 108 valence electrons. The quantitative estimate of drug-likeness (QED) is 0.932. The third kappa shape index (κ3) is 3.50. The molecule has 0 aliphatic carbocycles. The van der Waals surface area contributed by atoms with Crippen molar-refractivity contribution in [1.29, 1.82) is 0 Å². The summed E-state index contributed by atoms with van der Waals surface area (Å²) in [5, 5.41) is 3.00. The number of nitrogens with one attached hydrogen (secondary N) is 1. The zero-order valence-electron chi connectivity index (χ0n) is 12.3. The summed E-state index contributed by atoms with van der Waals surface area (Å²) >= 11 is 0. The van der Waals surface area contributed by atoms with Crippen molar-refractivity contribution in [3.8, 4) is 0 Å². The van der Waals surface area contributed by atoms with Crippen molar-refractivity contribution in [1.82, 2.24) is 4.90 Å². The van der Waals surface area contributed by atoms with Crippen LogP contribution < -0.4 is 5.32 Å². The van der Waals surface area contributed by atoms with Gasteiger partial charge in [0.05, 0.1) is 0 Å². The van der Waals surface area contributed by atoms with E-state index in [1.54, 1.807) is 0 Å². The van der Waals surface area contributed by atoms with Gasteiger partial charge < -0.3 is 5.32 Å². The minimum absolute atomic E-state index is 0.0742. The molecule has 0 unspecified atom stereocenters. The van der Waals surface area contributed by atoms with Crippen molar-refractivity contribution in [2.75, 3.05) is 12.4 Å². The lowest BCUT2D eigenvalue weighted by Gasteiger charge is -2.07. The maximum absolute atomic E-state index is 12.0. The number of rotatable bonds is 4. The zero-order valence-corrected chi connectivity index (χ0v) is 12.3. The first-order valence-electron chi connectivity index (χ1n) is 7.35. The number of carbonyl (C=O) groups is 1. The first-order valence-corrected chi connectivity index (χ1v) is 7.35. The topological polar surface area (TPSA) is 32.3 Å². The molecule has 0 saturated heterocycles.